The minimum atomic E-state index is 0.276. The first kappa shape index (κ1) is 14.5. The van der Waals surface area contributed by atoms with Crippen LogP contribution in [-0.4, -0.2) is 42.4 Å². The van der Waals surface area contributed by atoms with E-state index >= 15 is 0 Å². The smallest absolute Gasteiger partial charge is 0.236 e. The molecule has 1 saturated heterocycles. The Morgan fingerprint density at radius 2 is 2.21 bits per heavy atom. The molecule has 3 nitrogen and oxygen atoms in total. The van der Waals surface area contributed by atoms with Crippen molar-refractivity contribution < 1.29 is 4.79 Å². The third kappa shape index (κ3) is 3.80. The Balaban J connectivity index is 1.84. The van der Waals surface area contributed by atoms with Crippen LogP contribution in [0, 0.1) is 5.92 Å². The van der Waals surface area contributed by atoms with Gasteiger partial charge in [0.1, 0.15) is 0 Å². The van der Waals surface area contributed by atoms with Crippen molar-refractivity contribution in [2.24, 2.45) is 5.92 Å². The van der Waals surface area contributed by atoms with Crippen LogP contribution in [0.25, 0.3) is 0 Å². The first-order valence-corrected chi connectivity index (χ1v) is 7.97. The van der Waals surface area contributed by atoms with Crippen LogP contribution in [0.5, 0.6) is 0 Å². The van der Waals surface area contributed by atoms with Crippen LogP contribution in [0.4, 0.5) is 0 Å². The Morgan fingerprint density at radius 1 is 1.53 bits per heavy atom. The second kappa shape index (κ2) is 6.53. The van der Waals surface area contributed by atoms with Crippen molar-refractivity contribution in [3.8, 4) is 0 Å². The van der Waals surface area contributed by atoms with Crippen LogP contribution in [0.15, 0.2) is 17.5 Å². The van der Waals surface area contributed by atoms with Crippen LogP contribution in [0.2, 0.25) is 0 Å². The first-order valence-electron chi connectivity index (χ1n) is 7.09. The Morgan fingerprint density at radius 3 is 2.79 bits per heavy atom. The van der Waals surface area contributed by atoms with E-state index in [4.69, 9.17) is 0 Å². The Kier molecular flexibility index (Phi) is 4.99. The Bertz CT molecular complexity index is 396. The zero-order valence-electron chi connectivity index (χ0n) is 12.1. The van der Waals surface area contributed by atoms with Crippen molar-refractivity contribution in [1.29, 1.82) is 0 Å². The lowest BCUT2D eigenvalue weighted by atomic mass is 9.99. The molecule has 4 heteroatoms. The summed E-state index contributed by atoms with van der Waals surface area (Å²) in [6.45, 7) is 6.82. The summed E-state index contributed by atoms with van der Waals surface area (Å²) in [4.78, 5) is 17.8. The minimum absolute atomic E-state index is 0.276. The molecule has 1 aromatic heterocycles. The number of rotatable bonds is 4. The van der Waals surface area contributed by atoms with Crippen LogP contribution in [-0.2, 0) is 4.79 Å². The molecule has 1 atom stereocenters. The number of amides is 1. The molecule has 19 heavy (non-hydrogen) atoms. The van der Waals surface area contributed by atoms with Gasteiger partial charge < -0.3 is 4.90 Å². The molecule has 1 unspecified atom stereocenters. The fourth-order valence-electron chi connectivity index (χ4n) is 2.45. The first-order chi connectivity index (χ1) is 9.08. The van der Waals surface area contributed by atoms with E-state index in [0.717, 1.165) is 31.8 Å². The van der Waals surface area contributed by atoms with Crippen molar-refractivity contribution in [2.45, 2.75) is 32.7 Å². The molecule has 0 aliphatic carbocycles. The van der Waals surface area contributed by atoms with E-state index in [-0.39, 0.29) is 5.91 Å². The fourth-order valence-corrected chi connectivity index (χ4v) is 3.30. The Labute approximate surface area is 120 Å². The van der Waals surface area contributed by atoms with E-state index in [1.165, 1.54) is 4.88 Å². The number of piperidine rings is 1. The standard InChI is InChI=1S/C15H24N2OS/c1-12-6-8-17(9-7-12)15(18)11-16(3)13(2)14-5-4-10-19-14/h4-5,10,12-13H,6-9,11H2,1-3H3. The van der Waals surface area contributed by atoms with Gasteiger partial charge >= 0.3 is 0 Å². The lowest BCUT2D eigenvalue weighted by molar-refractivity contribution is -0.133. The SMILES string of the molecule is CC1CCN(C(=O)CN(C)C(C)c2cccs2)CC1. The van der Waals surface area contributed by atoms with Crippen molar-refractivity contribution in [3.63, 3.8) is 0 Å². The molecule has 106 valence electrons. The molecule has 0 aromatic carbocycles. The molecule has 2 heterocycles. The molecule has 0 N–H and O–H groups in total. The van der Waals surface area contributed by atoms with Crippen LogP contribution in [0.3, 0.4) is 0 Å². The minimum Gasteiger partial charge on any atom is -0.342 e. The monoisotopic (exact) mass is 280 g/mol. The van der Waals surface area contributed by atoms with Gasteiger partial charge in [0.15, 0.2) is 0 Å². The number of hydrogen-bond acceptors (Lipinski definition) is 3. The summed E-state index contributed by atoms with van der Waals surface area (Å²) in [6, 6.07) is 4.52. The highest BCUT2D eigenvalue weighted by molar-refractivity contribution is 7.10. The maximum absolute atomic E-state index is 12.3. The molecule has 0 saturated carbocycles. The van der Waals surface area contributed by atoms with Gasteiger partial charge in [-0.2, -0.15) is 0 Å². The zero-order chi connectivity index (χ0) is 13.8. The summed E-state index contributed by atoms with van der Waals surface area (Å²) in [5.74, 6) is 1.05. The summed E-state index contributed by atoms with van der Waals surface area (Å²) >= 11 is 1.76. The van der Waals surface area contributed by atoms with Gasteiger partial charge in [-0.25, -0.2) is 0 Å². The quantitative estimate of drug-likeness (QED) is 0.846. The summed E-state index contributed by atoms with van der Waals surface area (Å²) in [5, 5.41) is 2.09. The predicted molar refractivity (Wildman–Crippen MR) is 80.3 cm³/mol. The largest absolute Gasteiger partial charge is 0.342 e. The maximum atomic E-state index is 12.3. The molecule has 0 radical (unpaired) electrons. The highest BCUT2D eigenvalue weighted by Gasteiger charge is 2.23. The van der Waals surface area contributed by atoms with Crippen LogP contribution < -0.4 is 0 Å². The lowest BCUT2D eigenvalue weighted by Crippen LogP contribution is -2.43. The average Bonchev–Trinajstić information content (AvgIpc) is 2.92. The topological polar surface area (TPSA) is 23.6 Å². The van der Waals surface area contributed by atoms with E-state index < -0.39 is 0 Å². The van der Waals surface area contributed by atoms with Crippen molar-refractivity contribution in [3.05, 3.63) is 22.4 Å². The molecule has 1 amide bonds. The predicted octanol–water partition coefficient (Wildman–Crippen LogP) is 3.00. The van der Waals surface area contributed by atoms with E-state index in [0.29, 0.717) is 12.6 Å². The number of likely N-dealkylation sites (tertiary alicyclic amines) is 1. The zero-order valence-corrected chi connectivity index (χ0v) is 12.9. The lowest BCUT2D eigenvalue weighted by Gasteiger charge is -2.32. The van der Waals surface area contributed by atoms with E-state index in [1.54, 1.807) is 11.3 Å². The van der Waals surface area contributed by atoms with Gasteiger partial charge in [-0.1, -0.05) is 13.0 Å². The van der Waals surface area contributed by atoms with Gasteiger partial charge in [0.25, 0.3) is 0 Å². The summed E-state index contributed by atoms with van der Waals surface area (Å²) in [7, 11) is 2.04. The van der Waals surface area contributed by atoms with Crippen molar-refractivity contribution in [2.75, 3.05) is 26.7 Å². The number of likely N-dealkylation sites (N-methyl/N-ethyl adjacent to an activating group) is 1. The molecule has 2 rings (SSSR count). The van der Waals surface area contributed by atoms with Gasteiger partial charge in [-0.05, 0) is 44.2 Å². The fraction of sp³-hybridized carbons (Fsp3) is 0.667. The van der Waals surface area contributed by atoms with Crippen molar-refractivity contribution >= 4 is 17.2 Å². The second-order valence-electron chi connectivity index (χ2n) is 5.67. The maximum Gasteiger partial charge on any atom is 0.236 e. The van der Waals surface area contributed by atoms with Crippen molar-refractivity contribution in [1.82, 2.24) is 9.80 Å². The van der Waals surface area contributed by atoms with E-state index in [2.05, 4.69) is 36.3 Å². The molecular weight excluding hydrogens is 256 g/mol. The normalized spacial score (nSPS) is 18.8. The molecule has 1 aliphatic heterocycles. The highest BCUT2D eigenvalue weighted by atomic mass is 32.1. The van der Waals surface area contributed by atoms with Gasteiger partial charge in [0.2, 0.25) is 5.91 Å². The summed E-state index contributed by atoms with van der Waals surface area (Å²) in [6.07, 6.45) is 2.30. The van der Waals surface area contributed by atoms with E-state index in [1.807, 2.05) is 11.9 Å². The number of hydrogen-bond donors (Lipinski definition) is 0. The number of carbonyl (C=O) groups excluding carboxylic acids is 1. The molecule has 1 fully saturated rings. The number of thiophene rings is 1. The molecule has 0 spiro atoms. The van der Waals surface area contributed by atoms with Gasteiger partial charge in [-0.3, -0.25) is 9.69 Å². The second-order valence-corrected chi connectivity index (χ2v) is 6.65. The third-order valence-corrected chi connectivity index (χ3v) is 5.18. The molecule has 1 aromatic rings. The van der Waals surface area contributed by atoms with Gasteiger partial charge in [-0.15, -0.1) is 11.3 Å². The molecular formula is C15H24N2OS. The summed E-state index contributed by atoms with van der Waals surface area (Å²) in [5.41, 5.74) is 0. The van der Waals surface area contributed by atoms with Gasteiger partial charge in [0.05, 0.1) is 6.54 Å². The average molecular weight is 280 g/mol. The Hall–Kier alpha value is -0.870. The van der Waals surface area contributed by atoms with Crippen LogP contribution in [0.1, 0.15) is 37.6 Å². The molecule has 1 aliphatic rings. The van der Waals surface area contributed by atoms with E-state index in [9.17, 15) is 4.79 Å². The van der Waals surface area contributed by atoms with Gasteiger partial charge in [0, 0.05) is 24.0 Å². The highest BCUT2D eigenvalue weighted by Crippen LogP contribution is 2.23. The molecule has 0 bridgehead atoms. The summed E-state index contributed by atoms with van der Waals surface area (Å²) < 4.78 is 0. The third-order valence-electron chi connectivity index (χ3n) is 4.14. The number of nitrogens with zero attached hydrogens (tertiary/aromatic N) is 2. The van der Waals surface area contributed by atoms with Crippen LogP contribution >= 0.6 is 11.3 Å². The number of carbonyl (C=O) groups is 1.